The van der Waals surface area contributed by atoms with Crippen molar-refractivity contribution >= 4 is 22.9 Å². The van der Waals surface area contributed by atoms with Crippen LogP contribution in [0.15, 0.2) is 75.8 Å². The van der Waals surface area contributed by atoms with Gasteiger partial charge < -0.3 is 5.32 Å². The highest BCUT2D eigenvalue weighted by Gasteiger charge is 2.10. The molecule has 0 saturated heterocycles. The molecule has 2 aromatic carbocycles. The molecule has 12 heteroatoms. The summed E-state index contributed by atoms with van der Waals surface area (Å²) in [4.78, 5) is 8.91. The molecule has 43 heavy (non-hydrogen) atoms. The number of nitrogens with zero attached hydrogens (tertiary/aromatic N) is 9. The summed E-state index contributed by atoms with van der Waals surface area (Å²) >= 11 is 4.55. The van der Waals surface area contributed by atoms with Gasteiger partial charge in [-0.25, -0.2) is 9.97 Å². The molecule has 0 atom stereocenters. The number of halogens is 1. The van der Waals surface area contributed by atoms with E-state index in [2.05, 4.69) is 113 Å². The highest BCUT2D eigenvalue weighted by atomic mass is 35.5. The third-order valence-electron chi connectivity index (χ3n) is 7.42. The molecule has 0 radical (unpaired) electrons. The lowest BCUT2D eigenvalue weighted by molar-refractivity contribution is 0.736. The lowest BCUT2D eigenvalue weighted by Gasteiger charge is -2.14. The summed E-state index contributed by atoms with van der Waals surface area (Å²) in [6.07, 6.45) is 10.8. The van der Waals surface area contributed by atoms with E-state index < -0.39 is 0 Å². The van der Waals surface area contributed by atoms with Gasteiger partial charge in [0.25, 0.3) is 0 Å². The molecule has 0 amide bonds. The molecule has 1 aliphatic heterocycles. The van der Waals surface area contributed by atoms with Crippen LogP contribution in [0, 0.1) is 19.4 Å². The number of rotatable bonds is 5. The Balaban J connectivity index is 0.000000171. The second-order valence-electron chi connectivity index (χ2n) is 10.3. The summed E-state index contributed by atoms with van der Waals surface area (Å²) < 4.78 is 6.21. The van der Waals surface area contributed by atoms with E-state index in [0.29, 0.717) is 0 Å². The number of aromatic nitrogens is 6. The van der Waals surface area contributed by atoms with E-state index in [1.807, 2.05) is 32.6 Å². The van der Waals surface area contributed by atoms with Crippen LogP contribution in [0.5, 0.6) is 0 Å². The molecule has 0 spiro atoms. The zero-order chi connectivity index (χ0) is 30.6. The zero-order valence-corrected chi connectivity index (χ0v) is 25.9. The Kier molecular flexibility index (Phi) is 11.6. The topological polar surface area (TPSA) is 134 Å². The lowest BCUT2D eigenvalue weighted by atomic mass is 9.93. The van der Waals surface area contributed by atoms with E-state index in [1.54, 1.807) is 4.68 Å². The first-order chi connectivity index (χ1) is 20.9. The van der Waals surface area contributed by atoms with E-state index in [4.69, 9.17) is 5.53 Å². The van der Waals surface area contributed by atoms with Crippen LogP contribution in [-0.4, -0.2) is 42.6 Å². The Labute approximate surface area is 257 Å². The van der Waals surface area contributed by atoms with Crippen LogP contribution in [0.3, 0.4) is 0 Å². The summed E-state index contributed by atoms with van der Waals surface area (Å²) in [5.74, 6) is 3.48. The maximum absolute atomic E-state index is 5.88. The summed E-state index contributed by atoms with van der Waals surface area (Å²) in [7, 11) is 3.84. The van der Waals surface area contributed by atoms with Crippen LogP contribution in [0.4, 0.5) is 0 Å². The fraction of sp³-hybridized carbons (Fsp3) is 0.355. The molecule has 2 aromatic heterocycles. The lowest BCUT2D eigenvalue weighted by Crippen LogP contribution is -2.19. The van der Waals surface area contributed by atoms with Crippen molar-refractivity contribution in [2.75, 3.05) is 13.1 Å². The van der Waals surface area contributed by atoms with Crippen molar-refractivity contribution in [3.63, 3.8) is 0 Å². The van der Waals surface area contributed by atoms with Gasteiger partial charge in [0.1, 0.15) is 11.6 Å². The Morgan fingerprint density at radius 1 is 0.744 bits per heavy atom. The maximum atomic E-state index is 5.88. The monoisotopic (exact) mass is 599 g/mol. The van der Waals surface area contributed by atoms with Crippen molar-refractivity contribution in [2.45, 2.75) is 46.0 Å². The largest absolute Gasteiger partial charge is 0.313 e. The number of benzene rings is 2. The Hall–Kier alpha value is -4.35. The van der Waals surface area contributed by atoms with Crippen LogP contribution in [0.1, 0.15) is 54.9 Å². The first-order valence-corrected chi connectivity index (χ1v) is 14.7. The Morgan fingerprint density at radius 3 is 1.60 bits per heavy atom. The summed E-state index contributed by atoms with van der Waals surface area (Å²) in [5, 5.41) is 17.2. The Morgan fingerprint density at radius 2 is 1.26 bits per heavy atom. The number of allylic oxidation sites excluding steroid dienone is 2. The molecule has 2 N–H and O–H groups in total. The third kappa shape index (κ3) is 8.82. The van der Waals surface area contributed by atoms with Gasteiger partial charge in [-0.2, -0.15) is 15.7 Å². The molecule has 6 rings (SSSR count). The average molecular weight is 600 g/mol. The van der Waals surface area contributed by atoms with Gasteiger partial charge in [-0.05, 0) is 85.2 Å². The van der Waals surface area contributed by atoms with E-state index in [0.717, 1.165) is 53.9 Å². The molecule has 0 unspecified atom stereocenters. The number of hydrogen-bond acceptors (Lipinski definition) is 7. The van der Waals surface area contributed by atoms with Crippen LogP contribution in [-0.2, 0) is 14.1 Å². The molecular weight excluding hydrogens is 562 g/mol. The highest BCUT2D eigenvalue weighted by molar-refractivity contribution is 6.13. The normalized spacial score (nSPS) is 14.6. The summed E-state index contributed by atoms with van der Waals surface area (Å²) in [5.41, 5.74) is 13.6. The second kappa shape index (κ2) is 15.8. The van der Waals surface area contributed by atoms with Crippen LogP contribution < -0.4 is 5.32 Å². The van der Waals surface area contributed by atoms with Crippen LogP contribution in [0.2, 0.25) is 0 Å². The van der Waals surface area contributed by atoms with Crippen molar-refractivity contribution in [3.8, 4) is 22.8 Å². The minimum Gasteiger partial charge on any atom is -0.313 e. The van der Waals surface area contributed by atoms with Gasteiger partial charge in [0.05, 0.1) is 11.8 Å². The molecule has 2 aliphatic rings. The summed E-state index contributed by atoms with van der Waals surface area (Å²) in [6.45, 7) is 5.97. The van der Waals surface area contributed by atoms with E-state index in [-0.39, 0.29) is 0 Å². The van der Waals surface area contributed by atoms with Gasteiger partial charge in [-0.3, -0.25) is 9.36 Å². The predicted octanol–water partition coefficient (Wildman–Crippen LogP) is 7.45. The third-order valence-corrected chi connectivity index (χ3v) is 7.49. The van der Waals surface area contributed by atoms with E-state index >= 15 is 0 Å². The minimum atomic E-state index is 0.797. The molecular formula is C31H38ClN11. The standard InChI is InChI=1S/C16H19N3.C15H18N4.ClHN4/c1-12-17-16(18-19(12)2)15-10-8-14(9-11-15)13-6-4-3-5-7-13;1-11-17-15(18-19(11)2)14-5-3-12(4-6-14)13-7-9-16-10-8-13;1-3-5-4-2/h6,8-11H,3-5,7H2,1-2H3;3-7,16H,8-10H2,1-2H3;2H. The summed E-state index contributed by atoms with van der Waals surface area (Å²) in [6, 6.07) is 17.2. The van der Waals surface area contributed by atoms with Crippen molar-refractivity contribution < 1.29 is 0 Å². The minimum absolute atomic E-state index is 0.797. The molecule has 3 heterocycles. The van der Waals surface area contributed by atoms with Gasteiger partial charge in [0, 0.05) is 31.8 Å². The van der Waals surface area contributed by atoms with Crippen LogP contribution >= 0.6 is 11.8 Å². The molecule has 0 saturated carbocycles. The number of nitrogens with one attached hydrogen (secondary N) is 2. The first-order valence-electron chi connectivity index (χ1n) is 14.3. The SMILES string of the molecule is Cc1nc(-c2ccc(C3=CCCCC3)cc2)nn1C.Cc1nc(-c2ccc(C3=CCNCC3)cc2)nn1C.N=NN=NCl. The Bertz CT molecular complexity index is 1430. The first kappa shape index (κ1) is 31.6. The van der Waals surface area contributed by atoms with Crippen LogP contribution in [0.25, 0.3) is 33.9 Å². The zero-order valence-electron chi connectivity index (χ0n) is 25.1. The molecule has 0 fully saturated rings. The molecule has 224 valence electrons. The highest BCUT2D eigenvalue weighted by Crippen LogP contribution is 2.28. The maximum Gasteiger partial charge on any atom is 0.181 e. The molecule has 1 aliphatic carbocycles. The number of aryl methyl sites for hydroxylation is 4. The van der Waals surface area contributed by atoms with E-state index in [9.17, 15) is 0 Å². The second-order valence-corrected chi connectivity index (χ2v) is 10.4. The van der Waals surface area contributed by atoms with Gasteiger partial charge in [0.15, 0.2) is 11.6 Å². The van der Waals surface area contributed by atoms with Gasteiger partial charge in [-0.1, -0.05) is 65.3 Å². The fourth-order valence-electron chi connectivity index (χ4n) is 4.84. The van der Waals surface area contributed by atoms with Crippen molar-refractivity contribution in [1.29, 1.82) is 5.53 Å². The quantitative estimate of drug-likeness (QED) is 0.181. The van der Waals surface area contributed by atoms with Crippen molar-refractivity contribution in [3.05, 3.63) is 83.5 Å². The fourth-order valence-corrected chi connectivity index (χ4v) is 4.87. The van der Waals surface area contributed by atoms with Crippen molar-refractivity contribution in [2.24, 2.45) is 29.2 Å². The molecule has 11 nitrogen and oxygen atoms in total. The van der Waals surface area contributed by atoms with Gasteiger partial charge in [-0.15, -0.1) is 0 Å². The average Bonchev–Trinajstić information content (AvgIpc) is 3.58. The molecule has 0 bridgehead atoms. The van der Waals surface area contributed by atoms with E-state index in [1.165, 1.54) is 48.0 Å². The van der Waals surface area contributed by atoms with Crippen molar-refractivity contribution in [1.82, 2.24) is 34.8 Å². The predicted molar refractivity (Wildman–Crippen MR) is 170 cm³/mol. The molecule has 4 aromatic rings. The van der Waals surface area contributed by atoms with Gasteiger partial charge >= 0.3 is 0 Å². The smallest absolute Gasteiger partial charge is 0.181 e. The van der Waals surface area contributed by atoms with Gasteiger partial charge in [0.2, 0.25) is 0 Å². The number of hydrogen-bond donors (Lipinski definition) is 2.